The van der Waals surface area contributed by atoms with Crippen LogP contribution < -0.4 is 5.32 Å². The monoisotopic (exact) mass is 256 g/mol. The Labute approximate surface area is 106 Å². The van der Waals surface area contributed by atoms with Crippen molar-refractivity contribution in [3.63, 3.8) is 0 Å². The molecule has 1 aromatic heterocycles. The van der Waals surface area contributed by atoms with E-state index in [1.54, 1.807) is 6.92 Å². The maximum Gasteiger partial charge on any atom is 0.340 e. The number of aromatic carboxylic acids is 1. The molecule has 0 amide bonds. The highest BCUT2D eigenvalue weighted by Crippen LogP contribution is 2.24. The maximum absolute atomic E-state index is 11.0. The topological polar surface area (TPSA) is 62.2 Å². The minimum absolute atomic E-state index is 0.318. The van der Waals surface area contributed by atoms with Crippen LogP contribution in [0.4, 0.5) is 5.00 Å². The number of carboxylic acids is 1. The molecule has 0 aliphatic heterocycles. The molecule has 0 aliphatic rings. The van der Waals surface area contributed by atoms with E-state index in [0.29, 0.717) is 16.3 Å². The van der Waals surface area contributed by atoms with Gasteiger partial charge in [0.1, 0.15) is 10.6 Å². The second-order valence-electron chi connectivity index (χ2n) is 4.59. The van der Waals surface area contributed by atoms with E-state index in [-0.39, 0.29) is 0 Å². The van der Waals surface area contributed by atoms with Crippen LogP contribution in [0.25, 0.3) is 0 Å². The van der Waals surface area contributed by atoms with Crippen molar-refractivity contribution in [2.75, 3.05) is 11.9 Å². The molecule has 2 N–H and O–H groups in total. The molecule has 0 aromatic carbocycles. The van der Waals surface area contributed by atoms with Crippen molar-refractivity contribution in [2.24, 2.45) is 5.92 Å². The number of aryl methyl sites for hydroxylation is 1. The number of unbranched alkanes of at least 4 members (excludes halogenated alkanes) is 1. The van der Waals surface area contributed by atoms with Crippen molar-refractivity contribution in [1.82, 2.24) is 4.37 Å². The molecule has 0 unspecified atom stereocenters. The van der Waals surface area contributed by atoms with Gasteiger partial charge in [-0.15, -0.1) is 0 Å². The summed E-state index contributed by atoms with van der Waals surface area (Å²) in [5, 5.41) is 12.9. The molecule has 5 heteroatoms. The van der Waals surface area contributed by atoms with Crippen LogP contribution in [0.1, 0.15) is 49.2 Å². The van der Waals surface area contributed by atoms with Gasteiger partial charge in [0.2, 0.25) is 0 Å². The van der Waals surface area contributed by atoms with Crippen molar-refractivity contribution in [3.05, 3.63) is 11.3 Å². The smallest absolute Gasteiger partial charge is 0.340 e. The highest BCUT2D eigenvalue weighted by atomic mass is 32.1. The summed E-state index contributed by atoms with van der Waals surface area (Å²) < 4.78 is 4.06. The highest BCUT2D eigenvalue weighted by Gasteiger charge is 2.16. The first-order valence-electron chi connectivity index (χ1n) is 5.95. The molecule has 0 bridgehead atoms. The van der Waals surface area contributed by atoms with Crippen LogP contribution in [0.3, 0.4) is 0 Å². The zero-order valence-corrected chi connectivity index (χ0v) is 11.4. The van der Waals surface area contributed by atoms with Gasteiger partial charge >= 0.3 is 5.97 Å². The Morgan fingerprint density at radius 2 is 2.18 bits per heavy atom. The Balaban J connectivity index is 2.39. The van der Waals surface area contributed by atoms with Gasteiger partial charge in [-0.25, -0.2) is 4.79 Å². The van der Waals surface area contributed by atoms with E-state index in [9.17, 15) is 4.79 Å². The summed E-state index contributed by atoms with van der Waals surface area (Å²) >= 11 is 1.23. The molecule has 1 rings (SSSR count). The van der Waals surface area contributed by atoms with Crippen LogP contribution in [0, 0.1) is 12.8 Å². The minimum atomic E-state index is -0.902. The van der Waals surface area contributed by atoms with E-state index in [2.05, 4.69) is 23.5 Å². The van der Waals surface area contributed by atoms with Crippen LogP contribution in [0.2, 0.25) is 0 Å². The second kappa shape index (κ2) is 6.59. The number of hydrogen-bond acceptors (Lipinski definition) is 4. The molecular weight excluding hydrogens is 236 g/mol. The summed E-state index contributed by atoms with van der Waals surface area (Å²) in [5.74, 6) is -0.170. The number of nitrogens with zero attached hydrogens (tertiary/aromatic N) is 1. The molecular formula is C12H20N2O2S. The Morgan fingerprint density at radius 3 is 2.76 bits per heavy atom. The highest BCUT2D eigenvalue weighted by molar-refractivity contribution is 7.10. The number of rotatable bonds is 7. The third-order valence-electron chi connectivity index (χ3n) is 2.57. The van der Waals surface area contributed by atoms with Crippen LogP contribution >= 0.6 is 11.5 Å². The fourth-order valence-corrected chi connectivity index (χ4v) is 2.43. The fourth-order valence-electron chi connectivity index (χ4n) is 1.62. The molecule has 17 heavy (non-hydrogen) atoms. The number of carbonyl (C=O) groups is 1. The van der Waals surface area contributed by atoms with E-state index < -0.39 is 5.97 Å². The van der Waals surface area contributed by atoms with Crippen molar-refractivity contribution in [3.8, 4) is 0 Å². The first-order valence-corrected chi connectivity index (χ1v) is 6.73. The van der Waals surface area contributed by atoms with E-state index in [4.69, 9.17) is 5.11 Å². The Kier molecular flexibility index (Phi) is 5.41. The van der Waals surface area contributed by atoms with Gasteiger partial charge in [-0.1, -0.05) is 26.7 Å². The Bertz CT molecular complexity index is 375. The molecule has 1 aromatic rings. The number of aromatic nitrogens is 1. The van der Waals surface area contributed by atoms with E-state index in [1.807, 2.05) is 0 Å². The predicted octanol–water partition coefficient (Wildman–Crippen LogP) is 3.39. The standard InChI is InChI=1S/C12H20N2O2S/c1-8(2)6-4-5-7-13-11-10(12(15)16)9(3)14-17-11/h8,13H,4-7H2,1-3H3,(H,15,16). The second-order valence-corrected chi connectivity index (χ2v) is 5.37. The van der Waals surface area contributed by atoms with Crippen molar-refractivity contribution >= 4 is 22.5 Å². The number of nitrogens with one attached hydrogen (secondary N) is 1. The maximum atomic E-state index is 11.0. The van der Waals surface area contributed by atoms with Crippen LogP contribution in [0.5, 0.6) is 0 Å². The van der Waals surface area contributed by atoms with Crippen LogP contribution in [0.15, 0.2) is 0 Å². The molecule has 0 atom stereocenters. The summed E-state index contributed by atoms with van der Waals surface area (Å²) in [5.41, 5.74) is 0.908. The first-order chi connectivity index (χ1) is 8.02. The Morgan fingerprint density at radius 1 is 1.47 bits per heavy atom. The quantitative estimate of drug-likeness (QED) is 0.734. The van der Waals surface area contributed by atoms with Gasteiger partial charge in [0.15, 0.2) is 0 Å². The third-order valence-corrected chi connectivity index (χ3v) is 3.47. The zero-order valence-electron chi connectivity index (χ0n) is 10.6. The third kappa shape index (κ3) is 4.34. The van der Waals surface area contributed by atoms with E-state index in [1.165, 1.54) is 24.4 Å². The molecule has 0 fully saturated rings. The lowest BCUT2D eigenvalue weighted by atomic mass is 10.1. The van der Waals surface area contributed by atoms with Crippen molar-refractivity contribution in [1.29, 1.82) is 0 Å². The molecule has 0 saturated carbocycles. The summed E-state index contributed by atoms with van der Waals surface area (Å²) in [6, 6.07) is 0. The predicted molar refractivity (Wildman–Crippen MR) is 71.0 cm³/mol. The van der Waals surface area contributed by atoms with Crippen LogP contribution in [-0.4, -0.2) is 22.0 Å². The summed E-state index contributed by atoms with van der Waals surface area (Å²) in [6.45, 7) is 6.96. The summed E-state index contributed by atoms with van der Waals surface area (Å²) in [7, 11) is 0. The average molecular weight is 256 g/mol. The van der Waals surface area contributed by atoms with Gasteiger partial charge in [-0.05, 0) is 30.8 Å². The van der Waals surface area contributed by atoms with Gasteiger partial charge in [0.05, 0.1) is 5.69 Å². The summed E-state index contributed by atoms with van der Waals surface area (Å²) in [4.78, 5) is 11.0. The number of carboxylic acid groups (broad SMARTS) is 1. The normalized spacial score (nSPS) is 10.8. The zero-order chi connectivity index (χ0) is 12.8. The SMILES string of the molecule is Cc1nsc(NCCCCC(C)C)c1C(=O)O. The van der Waals surface area contributed by atoms with E-state index >= 15 is 0 Å². The molecule has 4 nitrogen and oxygen atoms in total. The van der Waals surface area contributed by atoms with Gasteiger partial charge in [0.25, 0.3) is 0 Å². The minimum Gasteiger partial charge on any atom is -0.478 e. The average Bonchev–Trinajstić information content (AvgIpc) is 2.59. The molecule has 0 spiro atoms. The molecule has 0 radical (unpaired) electrons. The van der Waals surface area contributed by atoms with Gasteiger partial charge in [-0.2, -0.15) is 4.37 Å². The molecule has 0 aliphatic carbocycles. The van der Waals surface area contributed by atoms with Gasteiger partial charge in [-0.3, -0.25) is 0 Å². The van der Waals surface area contributed by atoms with Crippen LogP contribution in [-0.2, 0) is 0 Å². The van der Waals surface area contributed by atoms with Crippen molar-refractivity contribution in [2.45, 2.75) is 40.0 Å². The lowest BCUT2D eigenvalue weighted by Gasteiger charge is -2.06. The largest absolute Gasteiger partial charge is 0.478 e. The summed E-state index contributed by atoms with van der Waals surface area (Å²) in [6.07, 6.45) is 3.45. The number of anilines is 1. The number of hydrogen-bond donors (Lipinski definition) is 2. The lowest BCUT2D eigenvalue weighted by molar-refractivity contribution is 0.0697. The Hall–Kier alpha value is -1.10. The van der Waals surface area contributed by atoms with Gasteiger partial charge in [0, 0.05) is 6.54 Å². The first kappa shape index (κ1) is 14.0. The fraction of sp³-hybridized carbons (Fsp3) is 0.667. The van der Waals surface area contributed by atoms with Crippen molar-refractivity contribution < 1.29 is 9.90 Å². The molecule has 96 valence electrons. The van der Waals surface area contributed by atoms with E-state index in [0.717, 1.165) is 18.9 Å². The lowest BCUT2D eigenvalue weighted by Crippen LogP contribution is -2.06. The van der Waals surface area contributed by atoms with Gasteiger partial charge < -0.3 is 10.4 Å². The molecule has 0 saturated heterocycles. The molecule has 1 heterocycles.